The molecule has 0 aliphatic carbocycles. The van der Waals surface area contributed by atoms with E-state index in [0.29, 0.717) is 25.9 Å². The molecule has 4 amide bonds. The summed E-state index contributed by atoms with van der Waals surface area (Å²) in [5, 5.41) is 11.1. The molecule has 44 heavy (non-hydrogen) atoms. The molecule has 4 N–H and O–H groups in total. The van der Waals surface area contributed by atoms with Crippen LogP contribution in [-0.2, 0) is 41.6 Å². The number of hydrogen-bond donors (Lipinski definition) is 4. The van der Waals surface area contributed by atoms with Gasteiger partial charge in [0.05, 0.1) is 12.6 Å². The average molecular weight is 607 g/mol. The van der Waals surface area contributed by atoms with Crippen molar-refractivity contribution in [1.29, 1.82) is 0 Å². The van der Waals surface area contributed by atoms with E-state index in [4.69, 9.17) is 4.74 Å². The van der Waals surface area contributed by atoms with Crippen molar-refractivity contribution in [3.63, 3.8) is 0 Å². The van der Waals surface area contributed by atoms with Crippen LogP contribution in [0.1, 0.15) is 65.0 Å². The third-order valence-electron chi connectivity index (χ3n) is 7.64. The van der Waals surface area contributed by atoms with Gasteiger partial charge >= 0.3 is 0 Å². The molecule has 1 aliphatic heterocycles. The maximum atomic E-state index is 13.6. The lowest BCUT2D eigenvalue weighted by atomic mass is 9.93. The Labute approximate surface area is 260 Å². The van der Waals surface area contributed by atoms with E-state index in [1.54, 1.807) is 13.8 Å². The number of benzene rings is 2. The number of rotatable bonds is 17. The van der Waals surface area contributed by atoms with Gasteiger partial charge in [0, 0.05) is 12.8 Å². The Hall–Kier alpha value is -4.05. The molecule has 10 nitrogen and oxygen atoms in total. The second kappa shape index (κ2) is 16.1. The number of hydrogen-bond acceptors (Lipinski definition) is 6. The molecular formula is C34H46N4O6. The van der Waals surface area contributed by atoms with Gasteiger partial charge in [-0.25, -0.2) is 0 Å². The van der Waals surface area contributed by atoms with Crippen LogP contribution in [0, 0.1) is 5.92 Å². The van der Waals surface area contributed by atoms with Gasteiger partial charge in [0.25, 0.3) is 0 Å². The van der Waals surface area contributed by atoms with E-state index in [-0.39, 0.29) is 30.4 Å². The molecule has 10 heteroatoms. The Morgan fingerprint density at radius 3 is 1.84 bits per heavy atom. The first-order valence-corrected chi connectivity index (χ1v) is 15.4. The maximum Gasteiger partial charge on any atom is 0.243 e. The summed E-state index contributed by atoms with van der Waals surface area (Å²) in [6.45, 7) is 9.17. The summed E-state index contributed by atoms with van der Waals surface area (Å²) in [6, 6.07) is 15.2. The highest BCUT2D eigenvalue weighted by Crippen LogP contribution is 2.29. The van der Waals surface area contributed by atoms with Crippen LogP contribution in [0.5, 0.6) is 0 Å². The van der Waals surface area contributed by atoms with Gasteiger partial charge in [0.1, 0.15) is 23.7 Å². The Morgan fingerprint density at radius 1 is 0.750 bits per heavy atom. The Morgan fingerprint density at radius 2 is 1.30 bits per heavy atom. The Balaban J connectivity index is 1.71. The highest BCUT2D eigenvalue weighted by atomic mass is 16.6. The molecule has 238 valence electrons. The molecule has 0 spiro atoms. The van der Waals surface area contributed by atoms with Gasteiger partial charge in [-0.1, -0.05) is 81.4 Å². The SMILES string of the molecule is CCC(=O)N[C@@H](CCc1ccccc1)C(=O)N[C@@H](C)C(=O)N[C@@H](Cc1ccccc1)C(=O)N[C@@H](CC(C)C)C(=O)[C@@]1(C)CO1. The standard InChI is InChI=1S/C34H46N4O6/c1-6-29(39)36-26(18-17-24-13-9-7-10-14-24)32(42)35-23(4)31(41)38-28(20-25-15-11-8-12-16-25)33(43)37-27(19-22(2)3)30(40)34(5)21-44-34/h7-16,22-23,26-28H,6,17-21H2,1-5H3,(H,35,42)(H,36,39)(H,37,43)(H,38,41)/t23-,26-,27-,28-,34+/m0/s1. The number of ketones is 1. The molecule has 3 rings (SSSR count). The largest absolute Gasteiger partial charge is 0.361 e. The van der Waals surface area contributed by atoms with Crippen LogP contribution in [0.25, 0.3) is 0 Å². The van der Waals surface area contributed by atoms with Crippen LogP contribution >= 0.6 is 0 Å². The predicted octanol–water partition coefficient (Wildman–Crippen LogP) is 2.64. The van der Waals surface area contributed by atoms with E-state index < -0.39 is 47.5 Å². The van der Waals surface area contributed by atoms with Crippen LogP contribution in [-0.4, -0.2) is 65.8 Å². The van der Waals surface area contributed by atoms with Gasteiger partial charge in [0.15, 0.2) is 5.78 Å². The first-order valence-electron chi connectivity index (χ1n) is 15.4. The van der Waals surface area contributed by atoms with Gasteiger partial charge in [-0.2, -0.15) is 0 Å². The molecule has 1 heterocycles. The van der Waals surface area contributed by atoms with Crippen molar-refractivity contribution in [2.75, 3.05) is 6.61 Å². The fourth-order valence-corrected chi connectivity index (χ4v) is 4.85. The molecule has 2 aromatic rings. The van der Waals surface area contributed by atoms with Crippen LogP contribution in [0.4, 0.5) is 0 Å². The number of amides is 4. The van der Waals surface area contributed by atoms with Crippen molar-refractivity contribution in [3.05, 3.63) is 71.8 Å². The van der Waals surface area contributed by atoms with Crippen LogP contribution in [0.3, 0.4) is 0 Å². The van der Waals surface area contributed by atoms with Crippen LogP contribution in [0.2, 0.25) is 0 Å². The second-order valence-corrected chi connectivity index (χ2v) is 12.1. The summed E-state index contributed by atoms with van der Waals surface area (Å²) in [5.41, 5.74) is 0.929. The lowest BCUT2D eigenvalue weighted by Crippen LogP contribution is -2.58. The number of carbonyl (C=O) groups excluding carboxylic acids is 5. The third kappa shape index (κ3) is 10.6. The highest BCUT2D eigenvalue weighted by molar-refractivity contribution is 5.98. The number of carbonyl (C=O) groups is 5. The van der Waals surface area contributed by atoms with E-state index in [2.05, 4.69) is 21.3 Å². The van der Waals surface area contributed by atoms with Crippen molar-refractivity contribution in [2.24, 2.45) is 5.92 Å². The smallest absolute Gasteiger partial charge is 0.243 e. The molecule has 5 atom stereocenters. The normalized spacial score (nSPS) is 18.3. The summed E-state index contributed by atoms with van der Waals surface area (Å²) < 4.78 is 5.35. The molecule has 2 aromatic carbocycles. The molecule has 0 saturated carbocycles. The van der Waals surface area contributed by atoms with E-state index >= 15 is 0 Å². The Kier molecular flexibility index (Phi) is 12.6. The lowest BCUT2D eigenvalue weighted by Gasteiger charge is -2.26. The highest BCUT2D eigenvalue weighted by Gasteiger charge is 2.50. The van der Waals surface area contributed by atoms with Gasteiger partial charge in [0.2, 0.25) is 23.6 Å². The maximum absolute atomic E-state index is 13.6. The van der Waals surface area contributed by atoms with Crippen molar-refractivity contribution in [2.45, 2.75) is 96.5 Å². The van der Waals surface area contributed by atoms with Gasteiger partial charge < -0.3 is 26.0 Å². The molecule has 1 fully saturated rings. The molecule has 0 aromatic heterocycles. The van der Waals surface area contributed by atoms with Crippen molar-refractivity contribution >= 4 is 29.4 Å². The summed E-state index contributed by atoms with van der Waals surface area (Å²) in [6.07, 6.45) is 1.73. The molecule has 1 saturated heterocycles. The quantitative estimate of drug-likeness (QED) is 0.204. The minimum absolute atomic E-state index is 0.132. The lowest BCUT2D eigenvalue weighted by molar-refractivity contribution is -0.134. The zero-order chi connectivity index (χ0) is 32.3. The minimum atomic E-state index is -1.01. The van der Waals surface area contributed by atoms with Crippen LogP contribution < -0.4 is 21.3 Å². The topological polar surface area (TPSA) is 146 Å². The summed E-state index contributed by atoms with van der Waals surface area (Å²) >= 11 is 0. The van der Waals surface area contributed by atoms with Crippen LogP contribution in [0.15, 0.2) is 60.7 Å². The van der Waals surface area contributed by atoms with Crippen molar-refractivity contribution in [1.82, 2.24) is 21.3 Å². The van der Waals surface area contributed by atoms with Crippen molar-refractivity contribution in [3.8, 4) is 0 Å². The summed E-state index contributed by atoms with van der Waals surface area (Å²) in [7, 11) is 0. The van der Waals surface area contributed by atoms with E-state index in [9.17, 15) is 24.0 Å². The average Bonchev–Trinajstić information content (AvgIpc) is 3.76. The fourth-order valence-electron chi connectivity index (χ4n) is 4.85. The summed E-state index contributed by atoms with van der Waals surface area (Å²) in [4.78, 5) is 65.5. The summed E-state index contributed by atoms with van der Waals surface area (Å²) in [5.74, 6) is -1.89. The first-order chi connectivity index (χ1) is 20.9. The molecule has 1 aliphatic rings. The predicted molar refractivity (Wildman–Crippen MR) is 167 cm³/mol. The molecular weight excluding hydrogens is 560 g/mol. The molecule has 0 radical (unpaired) electrons. The zero-order valence-corrected chi connectivity index (χ0v) is 26.4. The number of Topliss-reactive ketones (excluding diaryl/α,β-unsaturated/α-hetero) is 1. The third-order valence-corrected chi connectivity index (χ3v) is 7.64. The van der Waals surface area contributed by atoms with Gasteiger partial charge in [-0.05, 0) is 50.2 Å². The van der Waals surface area contributed by atoms with E-state index in [1.807, 2.05) is 74.5 Å². The molecule has 0 unspecified atom stereocenters. The van der Waals surface area contributed by atoms with Gasteiger partial charge in [-0.15, -0.1) is 0 Å². The fraction of sp³-hybridized carbons (Fsp3) is 0.500. The van der Waals surface area contributed by atoms with Crippen molar-refractivity contribution < 1.29 is 28.7 Å². The first kappa shape index (κ1) is 34.4. The number of nitrogens with one attached hydrogen (secondary N) is 4. The van der Waals surface area contributed by atoms with E-state index in [1.165, 1.54) is 6.92 Å². The number of aryl methyl sites for hydroxylation is 1. The Bertz CT molecular complexity index is 1280. The second-order valence-electron chi connectivity index (χ2n) is 12.1. The van der Waals surface area contributed by atoms with E-state index in [0.717, 1.165) is 11.1 Å². The number of epoxide rings is 1. The monoisotopic (exact) mass is 606 g/mol. The minimum Gasteiger partial charge on any atom is -0.361 e. The zero-order valence-electron chi connectivity index (χ0n) is 26.4. The van der Waals surface area contributed by atoms with Gasteiger partial charge in [-0.3, -0.25) is 24.0 Å². The molecule has 0 bridgehead atoms. The number of ether oxygens (including phenoxy) is 1.